The van der Waals surface area contributed by atoms with Crippen LogP contribution >= 0.6 is 0 Å². The number of benzene rings is 2. The third-order valence-electron chi connectivity index (χ3n) is 5.58. The first-order valence-electron chi connectivity index (χ1n) is 9.75. The molecular formula is C24H25F2NO. The van der Waals surface area contributed by atoms with E-state index in [-0.39, 0.29) is 12.2 Å². The lowest BCUT2D eigenvalue weighted by Gasteiger charge is -2.27. The Labute approximate surface area is 165 Å². The molecule has 0 radical (unpaired) electrons. The molecule has 1 aliphatic rings. The second-order valence-electron chi connectivity index (χ2n) is 7.39. The molecule has 2 nitrogen and oxygen atoms in total. The summed E-state index contributed by atoms with van der Waals surface area (Å²) in [5.41, 5.74) is 2.42. The zero-order valence-corrected chi connectivity index (χ0v) is 15.9. The van der Waals surface area contributed by atoms with Gasteiger partial charge in [-0.1, -0.05) is 42.5 Å². The van der Waals surface area contributed by atoms with E-state index in [1.807, 2.05) is 24.3 Å². The van der Waals surface area contributed by atoms with Crippen molar-refractivity contribution in [3.05, 3.63) is 83.4 Å². The standard InChI is InChI=1S/C24H25F2NO/c1-2-18-7-9-21(10-8-18)22-11-13-23(14-12-22)24(25,26)28-16-15-19-3-5-20(17-27)6-4-19/h2-6,11-14,18,21H,1,7-10,15-16H2. The largest absolute Gasteiger partial charge is 0.383 e. The van der Waals surface area contributed by atoms with Crippen LogP contribution < -0.4 is 0 Å². The Morgan fingerprint density at radius 2 is 1.68 bits per heavy atom. The second-order valence-corrected chi connectivity index (χ2v) is 7.39. The Kier molecular flexibility index (Phi) is 6.59. The van der Waals surface area contributed by atoms with Gasteiger partial charge in [0, 0.05) is 0 Å². The van der Waals surface area contributed by atoms with Crippen LogP contribution in [0.2, 0.25) is 0 Å². The van der Waals surface area contributed by atoms with Crippen LogP contribution in [0.15, 0.2) is 61.2 Å². The van der Waals surface area contributed by atoms with Crippen LogP contribution in [0, 0.1) is 17.2 Å². The van der Waals surface area contributed by atoms with E-state index in [2.05, 4.69) is 6.58 Å². The molecule has 2 aromatic carbocycles. The Bertz CT molecular complexity index is 813. The van der Waals surface area contributed by atoms with Crippen LogP contribution in [0.1, 0.15) is 53.9 Å². The lowest BCUT2D eigenvalue weighted by Crippen LogP contribution is -2.20. The molecule has 0 bridgehead atoms. The summed E-state index contributed by atoms with van der Waals surface area (Å²) in [4.78, 5) is 0. The summed E-state index contributed by atoms with van der Waals surface area (Å²) in [5, 5.41) is 8.79. The fourth-order valence-electron chi connectivity index (χ4n) is 3.76. The summed E-state index contributed by atoms with van der Waals surface area (Å²) in [6.45, 7) is 3.77. The van der Waals surface area contributed by atoms with Gasteiger partial charge in [-0.3, -0.25) is 0 Å². The number of nitrogens with zero attached hydrogens (tertiary/aromatic N) is 1. The maximum atomic E-state index is 14.4. The fraction of sp³-hybridized carbons (Fsp3) is 0.375. The molecule has 0 spiro atoms. The second kappa shape index (κ2) is 9.12. The van der Waals surface area contributed by atoms with Crippen molar-refractivity contribution in [2.45, 2.75) is 44.1 Å². The van der Waals surface area contributed by atoms with Crippen molar-refractivity contribution >= 4 is 0 Å². The van der Waals surface area contributed by atoms with Gasteiger partial charge in [0.15, 0.2) is 0 Å². The van der Waals surface area contributed by atoms with E-state index >= 15 is 0 Å². The molecule has 146 valence electrons. The van der Waals surface area contributed by atoms with Crippen LogP contribution in [-0.4, -0.2) is 6.61 Å². The number of allylic oxidation sites excluding steroid dienone is 1. The third-order valence-corrected chi connectivity index (χ3v) is 5.58. The van der Waals surface area contributed by atoms with E-state index in [4.69, 9.17) is 10.00 Å². The highest BCUT2D eigenvalue weighted by Crippen LogP contribution is 2.37. The highest BCUT2D eigenvalue weighted by molar-refractivity contribution is 5.31. The van der Waals surface area contributed by atoms with Gasteiger partial charge in [-0.25, -0.2) is 0 Å². The van der Waals surface area contributed by atoms with Gasteiger partial charge in [0.1, 0.15) is 0 Å². The zero-order chi connectivity index (χ0) is 20.0. The maximum absolute atomic E-state index is 14.4. The number of rotatable bonds is 7. The molecule has 0 unspecified atom stereocenters. The van der Waals surface area contributed by atoms with Crippen molar-refractivity contribution in [3.63, 3.8) is 0 Å². The predicted octanol–water partition coefficient (Wildman–Crippen LogP) is 6.33. The SMILES string of the molecule is C=CC1CCC(c2ccc(C(F)(F)OCCc3ccc(C#N)cc3)cc2)CC1. The number of alkyl halides is 2. The van der Waals surface area contributed by atoms with Gasteiger partial charge in [0.25, 0.3) is 0 Å². The Hall–Kier alpha value is -2.51. The van der Waals surface area contributed by atoms with Crippen molar-refractivity contribution in [2.24, 2.45) is 5.92 Å². The highest BCUT2D eigenvalue weighted by atomic mass is 19.3. The molecule has 1 saturated carbocycles. The summed E-state index contributed by atoms with van der Waals surface area (Å²) < 4.78 is 33.6. The van der Waals surface area contributed by atoms with Gasteiger partial charge in [-0.2, -0.15) is 14.0 Å². The molecule has 4 heteroatoms. The molecule has 28 heavy (non-hydrogen) atoms. The zero-order valence-electron chi connectivity index (χ0n) is 15.9. The summed E-state index contributed by atoms with van der Waals surface area (Å²) in [7, 11) is 0. The van der Waals surface area contributed by atoms with E-state index in [0.717, 1.165) is 36.8 Å². The Morgan fingerprint density at radius 3 is 2.25 bits per heavy atom. The van der Waals surface area contributed by atoms with Crippen molar-refractivity contribution < 1.29 is 13.5 Å². The van der Waals surface area contributed by atoms with E-state index in [1.54, 1.807) is 24.3 Å². The molecule has 0 aliphatic heterocycles. The summed E-state index contributed by atoms with van der Waals surface area (Å²) in [6, 6.07) is 15.5. The molecular weight excluding hydrogens is 356 g/mol. The van der Waals surface area contributed by atoms with E-state index in [9.17, 15) is 8.78 Å². The number of hydrogen-bond donors (Lipinski definition) is 0. The highest BCUT2D eigenvalue weighted by Gasteiger charge is 2.33. The van der Waals surface area contributed by atoms with Crippen molar-refractivity contribution in [1.29, 1.82) is 5.26 Å². The summed E-state index contributed by atoms with van der Waals surface area (Å²) in [6.07, 6.45) is 3.46. The normalized spacial score (nSPS) is 19.8. The molecule has 1 aliphatic carbocycles. The van der Waals surface area contributed by atoms with Gasteiger partial charge >= 0.3 is 6.11 Å². The Balaban J connectivity index is 1.54. The monoisotopic (exact) mass is 381 g/mol. The maximum Gasteiger partial charge on any atom is 0.383 e. The van der Waals surface area contributed by atoms with E-state index in [1.165, 1.54) is 12.1 Å². The minimum atomic E-state index is -3.31. The minimum Gasteiger partial charge on any atom is -0.316 e. The van der Waals surface area contributed by atoms with Gasteiger partial charge < -0.3 is 4.74 Å². The van der Waals surface area contributed by atoms with Crippen molar-refractivity contribution in [3.8, 4) is 6.07 Å². The quantitative estimate of drug-likeness (QED) is 0.525. The smallest absolute Gasteiger partial charge is 0.316 e. The first kappa shape index (κ1) is 20.2. The van der Waals surface area contributed by atoms with Gasteiger partial charge in [0.05, 0.1) is 23.8 Å². The third kappa shape index (κ3) is 5.05. The van der Waals surface area contributed by atoms with Crippen LogP contribution in [0.3, 0.4) is 0 Å². The molecule has 3 rings (SSSR count). The lowest BCUT2D eigenvalue weighted by molar-refractivity contribution is -0.248. The number of ether oxygens (including phenoxy) is 1. The molecule has 0 N–H and O–H groups in total. The molecule has 0 heterocycles. The van der Waals surface area contributed by atoms with Gasteiger partial charge in [0.2, 0.25) is 0 Å². The number of hydrogen-bond acceptors (Lipinski definition) is 2. The average molecular weight is 381 g/mol. The molecule has 1 fully saturated rings. The first-order chi connectivity index (χ1) is 13.5. The van der Waals surface area contributed by atoms with Crippen LogP contribution in [-0.2, 0) is 17.3 Å². The summed E-state index contributed by atoms with van der Waals surface area (Å²) >= 11 is 0. The average Bonchev–Trinajstić information content (AvgIpc) is 2.74. The topological polar surface area (TPSA) is 33.0 Å². The van der Waals surface area contributed by atoms with E-state index in [0.29, 0.717) is 23.8 Å². The van der Waals surface area contributed by atoms with Gasteiger partial charge in [-0.05, 0) is 67.2 Å². The molecule has 0 amide bonds. The van der Waals surface area contributed by atoms with Crippen molar-refractivity contribution in [2.75, 3.05) is 6.61 Å². The first-order valence-corrected chi connectivity index (χ1v) is 9.75. The molecule has 0 saturated heterocycles. The van der Waals surface area contributed by atoms with E-state index < -0.39 is 6.11 Å². The number of nitriles is 1. The predicted molar refractivity (Wildman–Crippen MR) is 106 cm³/mol. The Morgan fingerprint density at radius 1 is 1.04 bits per heavy atom. The fourth-order valence-corrected chi connectivity index (χ4v) is 3.76. The van der Waals surface area contributed by atoms with Crippen LogP contribution in [0.4, 0.5) is 8.78 Å². The lowest BCUT2D eigenvalue weighted by atomic mass is 9.79. The van der Waals surface area contributed by atoms with Crippen molar-refractivity contribution in [1.82, 2.24) is 0 Å². The number of halogens is 2. The van der Waals surface area contributed by atoms with Gasteiger partial charge in [-0.15, -0.1) is 6.58 Å². The summed E-state index contributed by atoms with van der Waals surface area (Å²) in [5.74, 6) is 1.03. The molecule has 0 atom stereocenters. The molecule has 2 aromatic rings. The van der Waals surface area contributed by atoms with Crippen LogP contribution in [0.5, 0.6) is 0 Å². The van der Waals surface area contributed by atoms with Crippen LogP contribution in [0.25, 0.3) is 0 Å². The minimum absolute atomic E-state index is 0.0911. The molecule has 0 aromatic heterocycles.